The van der Waals surface area contributed by atoms with Crippen molar-refractivity contribution in [3.63, 3.8) is 0 Å². The molecule has 2 saturated heterocycles. The molecule has 7 heteroatoms. The molecular weight excluding hydrogens is 431 g/mol. The lowest BCUT2D eigenvalue weighted by Crippen LogP contribution is -2.43. The number of halogens is 1. The Bertz CT molecular complexity index is 363. The van der Waals surface area contributed by atoms with Crippen molar-refractivity contribution in [2.24, 2.45) is 10.9 Å². The van der Waals surface area contributed by atoms with Gasteiger partial charge in [-0.05, 0) is 32.4 Å². The summed E-state index contributed by atoms with van der Waals surface area (Å²) in [5, 5.41) is 3.55. The van der Waals surface area contributed by atoms with Gasteiger partial charge in [-0.3, -0.25) is 4.99 Å². The van der Waals surface area contributed by atoms with Crippen LogP contribution in [0.2, 0.25) is 0 Å². The molecule has 0 saturated carbocycles. The zero-order valence-corrected chi connectivity index (χ0v) is 18.4. The molecule has 2 aliphatic heterocycles. The first-order valence-corrected chi connectivity index (χ1v) is 9.58. The van der Waals surface area contributed by atoms with Crippen molar-refractivity contribution in [1.82, 2.24) is 15.1 Å². The van der Waals surface area contributed by atoms with Gasteiger partial charge in [0.2, 0.25) is 0 Å². The first-order chi connectivity index (χ1) is 11.8. The Kier molecular flexibility index (Phi) is 12.8. The molecular formula is C18H37IN4O2. The fourth-order valence-corrected chi connectivity index (χ4v) is 3.57. The number of hydrogen-bond acceptors (Lipinski definition) is 4. The molecule has 2 heterocycles. The van der Waals surface area contributed by atoms with Gasteiger partial charge in [0, 0.05) is 46.3 Å². The van der Waals surface area contributed by atoms with Crippen LogP contribution in [0.4, 0.5) is 0 Å². The van der Waals surface area contributed by atoms with Crippen LogP contribution in [0.5, 0.6) is 0 Å². The molecule has 1 unspecified atom stereocenters. The van der Waals surface area contributed by atoms with Gasteiger partial charge < -0.3 is 24.6 Å². The first-order valence-electron chi connectivity index (χ1n) is 9.58. The van der Waals surface area contributed by atoms with Crippen LogP contribution in [0.15, 0.2) is 4.99 Å². The van der Waals surface area contributed by atoms with E-state index in [1.165, 1.54) is 45.2 Å². The SMILES string of the molecule is CN=C(NCCN1CCCCCC1)N1CCC(COCCOC)C1.I. The van der Waals surface area contributed by atoms with E-state index in [-0.39, 0.29) is 24.0 Å². The highest BCUT2D eigenvalue weighted by Crippen LogP contribution is 2.16. The maximum absolute atomic E-state index is 5.67. The number of nitrogens with zero attached hydrogens (tertiary/aromatic N) is 3. The normalized spacial score (nSPS) is 22.6. The molecule has 0 radical (unpaired) electrons. The van der Waals surface area contributed by atoms with E-state index in [2.05, 4.69) is 20.1 Å². The lowest BCUT2D eigenvalue weighted by atomic mass is 10.1. The Balaban J connectivity index is 0.00000312. The number of ether oxygens (including phenoxy) is 2. The number of hydrogen-bond donors (Lipinski definition) is 1. The molecule has 0 aliphatic carbocycles. The number of likely N-dealkylation sites (tertiary alicyclic amines) is 2. The van der Waals surface area contributed by atoms with E-state index in [1.54, 1.807) is 7.11 Å². The van der Waals surface area contributed by atoms with Crippen LogP contribution in [0.3, 0.4) is 0 Å². The Morgan fingerprint density at radius 3 is 2.56 bits per heavy atom. The monoisotopic (exact) mass is 468 g/mol. The molecule has 0 aromatic carbocycles. The first kappa shape index (κ1) is 22.9. The van der Waals surface area contributed by atoms with E-state index in [1.807, 2.05) is 7.05 Å². The summed E-state index contributed by atoms with van der Waals surface area (Å²) in [7, 11) is 3.60. The van der Waals surface area contributed by atoms with Gasteiger partial charge in [0.25, 0.3) is 0 Å². The number of methoxy groups -OCH3 is 1. The number of aliphatic imine (C=N–C) groups is 1. The molecule has 0 aromatic rings. The van der Waals surface area contributed by atoms with Gasteiger partial charge >= 0.3 is 0 Å². The minimum absolute atomic E-state index is 0. The molecule has 1 atom stereocenters. The Morgan fingerprint density at radius 2 is 1.88 bits per heavy atom. The zero-order valence-electron chi connectivity index (χ0n) is 16.0. The Labute approximate surface area is 170 Å². The number of rotatable bonds is 8. The minimum atomic E-state index is 0. The van der Waals surface area contributed by atoms with Crippen molar-refractivity contribution in [3.05, 3.63) is 0 Å². The largest absolute Gasteiger partial charge is 0.382 e. The summed E-state index contributed by atoms with van der Waals surface area (Å²) in [5.74, 6) is 1.65. The van der Waals surface area contributed by atoms with E-state index < -0.39 is 0 Å². The van der Waals surface area contributed by atoms with Crippen LogP contribution in [-0.4, -0.2) is 89.0 Å². The van der Waals surface area contributed by atoms with Gasteiger partial charge in [-0.25, -0.2) is 0 Å². The topological polar surface area (TPSA) is 49.3 Å². The summed E-state index contributed by atoms with van der Waals surface area (Å²) >= 11 is 0. The standard InChI is InChI=1S/C18H36N4O2.HI/c1-19-18(20-8-12-21-9-5-3-4-6-10-21)22-11-7-17(15-22)16-24-14-13-23-2;/h17H,3-16H2,1-2H3,(H,19,20);1H. The third-order valence-electron chi connectivity index (χ3n) is 4.99. The average Bonchev–Trinajstić information content (AvgIpc) is 2.91. The summed E-state index contributed by atoms with van der Waals surface area (Å²) < 4.78 is 10.7. The predicted octanol–water partition coefficient (Wildman–Crippen LogP) is 2.04. The van der Waals surface area contributed by atoms with Crippen LogP contribution in [0.25, 0.3) is 0 Å². The Morgan fingerprint density at radius 1 is 1.12 bits per heavy atom. The van der Waals surface area contributed by atoms with E-state index in [0.717, 1.165) is 38.7 Å². The molecule has 0 bridgehead atoms. The third kappa shape index (κ3) is 8.88. The highest BCUT2D eigenvalue weighted by molar-refractivity contribution is 14.0. The highest BCUT2D eigenvalue weighted by Gasteiger charge is 2.24. The molecule has 0 spiro atoms. The van der Waals surface area contributed by atoms with Crippen molar-refractivity contribution in [2.45, 2.75) is 32.1 Å². The molecule has 1 N–H and O–H groups in total. The van der Waals surface area contributed by atoms with Crippen LogP contribution in [0, 0.1) is 5.92 Å². The van der Waals surface area contributed by atoms with E-state index >= 15 is 0 Å². The molecule has 6 nitrogen and oxygen atoms in total. The molecule has 2 rings (SSSR count). The van der Waals surface area contributed by atoms with Crippen LogP contribution in [-0.2, 0) is 9.47 Å². The molecule has 2 fully saturated rings. The van der Waals surface area contributed by atoms with Gasteiger partial charge in [-0.1, -0.05) is 12.8 Å². The maximum Gasteiger partial charge on any atom is 0.193 e. The molecule has 25 heavy (non-hydrogen) atoms. The summed E-state index contributed by atoms with van der Waals surface area (Å²) in [6.45, 7) is 8.92. The second-order valence-electron chi connectivity index (χ2n) is 6.90. The molecule has 148 valence electrons. The fourth-order valence-electron chi connectivity index (χ4n) is 3.57. The van der Waals surface area contributed by atoms with Crippen molar-refractivity contribution in [3.8, 4) is 0 Å². The fraction of sp³-hybridized carbons (Fsp3) is 0.944. The van der Waals surface area contributed by atoms with Gasteiger partial charge in [0.05, 0.1) is 19.8 Å². The maximum atomic E-state index is 5.67. The van der Waals surface area contributed by atoms with Crippen LogP contribution in [0.1, 0.15) is 32.1 Å². The lowest BCUT2D eigenvalue weighted by Gasteiger charge is -2.24. The minimum Gasteiger partial charge on any atom is -0.382 e. The Hall–Kier alpha value is -0.120. The molecule has 0 aromatic heterocycles. The number of guanidine groups is 1. The van der Waals surface area contributed by atoms with Gasteiger partial charge in [-0.15, -0.1) is 24.0 Å². The zero-order chi connectivity index (χ0) is 17.0. The molecule has 0 amide bonds. The van der Waals surface area contributed by atoms with E-state index in [0.29, 0.717) is 19.1 Å². The van der Waals surface area contributed by atoms with Crippen LogP contribution >= 0.6 is 24.0 Å². The quantitative estimate of drug-likeness (QED) is 0.256. The third-order valence-corrected chi connectivity index (χ3v) is 4.99. The van der Waals surface area contributed by atoms with E-state index in [9.17, 15) is 0 Å². The van der Waals surface area contributed by atoms with E-state index in [4.69, 9.17) is 9.47 Å². The number of nitrogens with one attached hydrogen (secondary N) is 1. The summed E-state index contributed by atoms with van der Waals surface area (Å²) in [4.78, 5) is 9.42. The lowest BCUT2D eigenvalue weighted by molar-refractivity contribution is 0.0536. The summed E-state index contributed by atoms with van der Waals surface area (Å²) in [6, 6.07) is 0. The van der Waals surface area contributed by atoms with Crippen molar-refractivity contribution in [2.75, 3.05) is 73.2 Å². The predicted molar refractivity (Wildman–Crippen MR) is 114 cm³/mol. The van der Waals surface area contributed by atoms with Gasteiger partial charge in [-0.2, -0.15) is 0 Å². The second-order valence-corrected chi connectivity index (χ2v) is 6.90. The second kappa shape index (κ2) is 14.0. The van der Waals surface area contributed by atoms with Crippen molar-refractivity contribution >= 4 is 29.9 Å². The van der Waals surface area contributed by atoms with Gasteiger partial charge in [0.15, 0.2) is 5.96 Å². The van der Waals surface area contributed by atoms with Crippen LogP contribution < -0.4 is 5.32 Å². The van der Waals surface area contributed by atoms with Crippen molar-refractivity contribution in [1.29, 1.82) is 0 Å². The van der Waals surface area contributed by atoms with Gasteiger partial charge in [0.1, 0.15) is 0 Å². The smallest absolute Gasteiger partial charge is 0.193 e. The summed E-state index contributed by atoms with van der Waals surface area (Å²) in [6.07, 6.45) is 6.68. The average molecular weight is 468 g/mol. The summed E-state index contributed by atoms with van der Waals surface area (Å²) in [5.41, 5.74) is 0. The molecule has 2 aliphatic rings. The highest BCUT2D eigenvalue weighted by atomic mass is 127. The van der Waals surface area contributed by atoms with Crippen molar-refractivity contribution < 1.29 is 9.47 Å².